The number of para-hydroxylation sites is 1. The number of nitrogens with one attached hydrogen (secondary N) is 1. The van der Waals surface area contributed by atoms with Crippen molar-refractivity contribution in [1.29, 1.82) is 0 Å². The summed E-state index contributed by atoms with van der Waals surface area (Å²) in [7, 11) is 3.99. The fourth-order valence-electron chi connectivity index (χ4n) is 3.41. The average Bonchev–Trinajstić information content (AvgIpc) is 2.95. The van der Waals surface area contributed by atoms with Gasteiger partial charge < -0.3 is 16.0 Å². The van der Waals surface area contributed by atoms with Gasteiger partial charge in [0.05, 0.1) is 11.6 Å². The second-order valence-electron chi connectivity index (χ2n) is 6.40. The molecule has 24 heavy (non-hydrogen) atoms. The molecule has 0 amide bonds. The minimum Gasteiger partial charge on any atom is -0.383 e. The molecule has 0 fully saturated rings. The molecule has 1 aliphatic heterocycles. The van der Waals surface area contributed by atoms with E-state index < -0.39 is 0 Å². The fourth-order valence-corrected chi connectivity index (χ4v) is 3.41. The number of hydrogen-bond donors (Lipinski definition) is 2. The standard InChI is InChI=1S/C17H21N7/c1-23-10-11(7-12-5-3-4-6-14(12)23)8-19-17-21-15(18)13-9-20-24(2)16(13)22-17/h3-6,9,11H,7-8,10H2,1-2H3,(H3,18,19,21,22). The summed E-state index contributed by atoms with van der Waals surface area (Å²) in [6.07, 6.45) is 2.75. The maximum Gasteiger partial charge on any atom is 0.226 e. The Morgan fingerprint density at radius 1 is 1.25 bits per heavy atom. The monoisotopic (exact) mass is 323 g/mol. The number of nitrogens with zero attached hydrogens (tertiary/aromatic N) is 5. The summed E-state index contributed by atoms with van der Waals surface area (Å²) in [5.74, 6) is 1.52. The molecule has 0 radical (unpaired) electrons. The van der Waals surface area contributed by atoms with Crippen LogP contribution in [0.5, 0.6) is 0 Å². The number of nitrogen functional groups attached to an aromatic ring is 1. The van der Waals surface area contributed by atoms with E-state index in [1.807, 2.05) is 7.05 Å². The molecule has 0 saturated heterocycles. The molecule has 2 aromatic heterocycles. The van der Waals surface area contributed by atoms with Crippen LogP contribution in [0, 0.1) is 5.92 Å². The number of aromatic nitrogens is 4. The van der Waals surface area contributed by atoms with Crippen molar-refractivity contribution in [3.05, 3.63) is 36.0 Å². The molecule has 0 saturated carbocycles. The van der Waals surface area contributed by atoms with Crippen LogP contribution in [0.3, 0.4) is 0 Å². The summed E-state index contributed by atoms with van der Waals surface area (Å²) in [4.78, 5) is 11.2. The number of fused-ring (bicyclic) bond motifs is 2. The zero-order valence-corrected chi connectivity index (χ0v) is 13.9. The van der Waals surface area contributed by atoms with Gasteiger partial charge in [0.2, 0.25) is 5.95 Å². The molecule has 7 nitrogen and oxygen atoms in total. The van der Waals surface area contributed by atoms with Crippen LogP contribution in [0.1, 0.15) is 5.56 Å². The average molecular weight is 323 g/mol. The SMILES string of the molecule is CN1CC(CNc2nc(N)c3cnn(C)c3n2)Cc2ccccc21. The fraction of sp³-hybridized carbons (Fsp3) is 0.353. The van der Waals surface area contributed by atoms with Crippen molar-refractivity contribution >= 4 is 28.5 Å². The molecule has 3 heterocycles. The van der Waals surface area contributed by atoms with E-state index in [9.17, 15) is 0 Å². The van der Waals surface area contributed by atoms with E-state index >= 15 is 0 Å². The molecule has 3 aromatic rings. The lowest BCUT2D eigenvalue weighted by atomic mass is 9.93. The van der Waals surface area contributed by atoms with Crippen LogP contribution >= 0.6 is 0 Å². The second kappa shape index (κ2) is 5.67. The normalized spacial score (nSPS) is 17.1. The Balaban J connectivity index is 1.51. The summed E-state index contributed by atoms with van der Waals surface area (Å²) in [6, 6.07) is 8.57. The van der Waals surface area contributed by atoms with Gasteiger partial charge in [-0.05, 0) is 24.0 Å². The lowest BCUT2D eigenvalue weighted by molar-refractivity contribution is 0.527. The van der Waals surface area contributed by atoms with Gasteiger partial charge in [-0.1, -0.05) is 18.2 Å². The molecule has 1 aromatic carbocycles. The summed E-state index contributed by atoms with van der Waals surface area (Å²) in [6.45, 7) is 1.81. The predicted octanol–water partition coefficient (Wildman–Crippen LogP) is 1.67. The molecule has 1 aliphatic rings. The lowest BCUT2D eigenvalue weighted by Gasteiger charge is -2.33. The third-order valence-corrected chi connectivity index (χ3v) is 4.61. The predicted molar refractivity (Wildman–Crippen MR) is 96.1 cm³/mol. The van der Waals surface area contributed by atoms with Crippen molar-refractivity contribution in [1.82, 2.24) is 19.7 Å². The molecule has 4 rings (SSSR count). The highest BCUT2D eigenvalue weighted by Gasteiger charge is 2.22. The minimum absolute atomic E-state index is 0.460. The van der Waals surface area contributed by atoms with Gasteiger partial charge in [0.15, 0.2) is 5.65 Å². The van der Waals surface area contributed by atoms with Gasteiger partial charge in [-0.25, -0.2) is 0 Å². The highest BCUT2D eigenvalue weighted by Crippen LogP contribution is 2.28. The van der Waals surface area contributed by atoms with Gasteiger partial charge in [-0.2, -0.15) is 15.1 Å². The highest BCUT2D eigenvalue weighted by atomic mass is 15.3. The van der Waals surface area contributed by atoms with Gasteiger partial charge in [0, 0.05) is 32.9 Å². The first kappa shape index (κ1) is 14.7. The summed E-state index contributed by atoms with van der Waals surface area (Å²) in [5.41, 5.74) is 9.47. The quantitative estimate of drug-likeness (QED) is 0.762. The van der Waals surface area contributed by atoms with Crippen LogP contribution in [-0.4, -0.2) is 39.9 Å². The molecule has 0 aliphatic carbocycles. The zero-order chi connectivity index (χ0) is 16.7. The van der Waals surface area contributed by atoms with Gasteiger partial charge in [0.25, 0.3) is 0 Å². The van der Waals surface area contributed by atoms with E-state index in [1.165, 1.54) is 11.3 Å². The van der Waals surface area contributed by atoms with E-state index in [4.69, 9.17) is 5.73 Å². The molecule has 0 spiro atoms. The number of benzene rings is 1. The van der Waals surface area contributed by atoms with Crippen molar-refractivity contribution < 1.29 is 0 Å². The first-order valence-electron chi connectivity index (χ1n) is 8.10. The first-order valence-corrected chi connectivity index (χ1v) is 8.10. The Labute approximate surface area is 140 Å². The van der Waals surface area contributed by atoms with Crippen LogP contribution < -0.4 is 16.0 Å². The van der Waals surface area contributed by atoms with Crippen LogP contribution in [-0.2, 0) is 13.5 Å². The lowest BCUT2D eigenvalue weighted by Crippen LogP contribution is -2.35. The molecule has 1 atom stereocenters. The molecular formula is C17H21N7. The Morgan fingerprint density at radius 3 is 2.96 bits per heavy atom. The largest absolute Gasteiger partial charge is 0.383 e. The Kier molecular flexibility index (Phi) is 3.48. The van der Waals surface area contributed by atoms with Crippen molar-refractivity contribution in [3.8, 4) is 0 Å². The van der Waals surface area contributed by atoms with Crippen molar-refractivity contribution in [2.24, 2.45) is 13.0 Å². The third kappa shape index (κ3) is 2.51. The van der Waals surface area contributed by atoms with Crippen LogP contribution in [0.4, 0.5) is 17.5 Å². The van der Waals surface area contributed by atoms with Gasteiger partial charge in [-0.15, -0.1) is 0 Å². The van der Waals surface area contributed by atoms with Crippen LogP contribution in [0.2, 0.25) is 0 Å². The Hall–Kier alpha value is -2.83. The van der Waals surface area contributed by atoms with Gasteiger partial charge >= 0.3 is 0 Å². The smallest absolute Gasteiger partial charge is 0.226 e. The van der Waals surface area contributed by atoms with E-state index in [-0.39, 0.29) is 0 Å². The number of hydrogen-bond acceptors (Lipinski definition) is 6. The van der Waals surface area contributed by atoms with Gasteiger partial charge in [0.1, 0.15) is 5.82 Å². The number of rotatable bonds is 3. The Bertz CT molecular complexity index is 886. The minimum atomic E-state index is 0.460. The topological polar surface area (TPSA) is 84.9 Å². The maximum absolute atomic E-state index is 6.01. The van der Waals surface area contributed by atoms with E-state index in [2.05, 4.69) is 56.6 Å². The van der Waals surface area contributed by atoms with Crippen molar-refractivity contribution in [2.45, 2.75) is 6.42 Å². The highest BCUT2D eigenvalue weighted by molar-refractivity contribution is 5.86. The summed E-state index contributed by atoms with van der Waals surface area (Å²) in [5, 5.41) is 8.31. The molecule has 3 N–H and O–H groups in total. The first-order chi connectivity index (χ1) is 11.6. The number of nitrogens with two attached hydrogens (primary N) is 1. The molecule has 1 unspecified atom stereocenters. The van der Waals surface area contributed by atoms with E-state index in [1.54, 1.807) is 10.9 Å². The van der Waals surface area contributed by atoms with Crippen LogP contribution in [0.15, 0.2) is 30.5 Å². The van der Waals surface area contributed by atoms with Gasteiger partial charge in [-0.3, -0.25) is 4.68 Å². The van der Waals surface area contributed by atoms with Crippen LogP contribution in [0.25, 0.3) is 11.0 Å². The molecule has 124 valence electrons. The zero-order valence-electron chi connectivity index (χ0n) is 13.9. The number of aryl methyl sites for hydroxylation is 1. The molecule has 0 bridgehead atoms. The summed E-state index contributed by atoms with van der Waals surface area (Å²) >= 11 is 0. The second-order valence-corrected chi connectivity index (χ2v) is 6.40. The molecule has 7 heteroatoms. The molecular weight excluding hydrogens is 302 g/mol. The maximum atomic E-state index is 6.01. The van der Waals surface area contributed by atoms with Crippen molar-refractivity contribution in [3.63, 3.8) is 0 Å². The Morgan fingerprint density at radius 2 is 2.08 bits per heavy atom. The van der Waals surface area contributed by atoms with Crippen molar-refractivity contribution in [2.75, 3.05) is 36.1 Å². The van der Waals surface area contributed by atoms with E-state index in [0.717, 1.165) is 30.5 Å². The van der Waals surface area contributed by atoms with E-state index in [0.29, 0.717) is 17.7 Å². The third-order valence-electron chi connectivity index (χ3n) is 4.61. The summed E-state index contributed by atoms with van der Waals surface area (Å²) < 4.78 is 1.71. The number of anilines is 3.